The molecule has 1 aliphatic rings. The smallest absolute Gasteiger partial charge is 0.380 e. The van der Waals surface area contributed by atoms with Gasteiger partial charge in [0.05, 0.1) is 0 Å². The summed E-state index contributed by atoms with van der Waals surface area (Å²) in [7, 11) is 0. The second-order valence-corrected chi connectivity index (χ2v) is 10.1. The van der Waals surface area contributed by atoms with Gasteiger partial charge in [0, 0.05) is 30.7 Å². The molecule has 0 bridgehead atoms. The number of halogens is 6. The van der Waals surface area contributed by atoms with Gasteiger partial charge in [0.1, 0.15) is 5.75 Å². The van der Waals surface area contributed by atoms with E-state index >= 15 is 0 Å². The summed E-state index contributed by atoms with van der Waals surface area (Å²) in [6.45, 7) is 4.49. The Bertz CT molecular complexity index is 1200. The lowest BCUT2D eigenvalue weighted by atomic mass is 9.95. The molecule has 0 spiro atoms. The zero-order valence-corrected chi connectivity index (χ0v) is 18.1. The molecular weight excluding hydrogens is 458 g/mol. The van der Waals surface area contributed by atoms with E-state index in [-0.39, 0.29) is 26.6 Å². The molecule has 0 atom stereocenters. The maximum atomic E-state index is 15.0. The van der Waals surface area contributed by atoms with Crippen molar-refractivity contribution in [1.82, 2.24) is 0 Å². The molecule has 0 radical (unpaired) electrons. The van der Waals surface area contributed by atoms with Crippen LogP contribution in [0.15, 0.2) is 36.4 Å². The highest BCUT2D eigenvalue weighted by Gasteiger charge is 2.80. The summed E-state index contributed by atoms with van der Waals surface area (Å²) in [5.41, 5.74) is -2.71. The first-order chi connectivity index (χ1) is 14.3. The Hall–Kier alpha value is -2.26. The topological polar surface area (TPSA) is 20.2 Å². The van der Waals surface area contributed by atoms with Crippen molar-refractivity contribution in [2.24, 2.45) is 0 Å². The molecule has 2 heterocycles. The van der Waals surface area contributed by atoms with Gasteiger partial charge in [-0.15, -0.1) is 22.7 Å². The van der Waals surface area contributed by atoms with Gasteiger partial charge in [-0.3, -0.25) is 0 Å². The molecule has 31 heavy (non-hydrogen) atoms. The Morgan fingerprint density at radius 2 is 1.19 bits per heavy atom. The lowest BCUT2D eigenvalue weighted by molar-refractivity contribution is -0.254. The summed E-state index contributed by atoms with van der Waals surface area (Å²) in [5, 5.41) is 9.44. The van der Waals surface area contributed by atoms with Gasteiger partial charge in [-0.2, -0.15) is 26.3 Å². The number of alkyl halides is 6. The molecule has 0 aliphatic heterocycles. The van der Waals surface area contributed by atoms with Gasteiger partial charge in [0.2, 0.25) is 0 Å². The number of hydrogen-bond acceptors (Lipinski definition) is 3. The molecule has 1 nitrogen and oxygen atoms in total. The Morgan fingerprint density at radius 3 is 1.68 bits per heavy atom. The average molecular weight is 474 g/mol. The Labute approximate surface area is 182 Å². The van der Waals surface area contributed by atoms with Gasteiger partial charge in [-0.1, -0.05) is 0 Å². The van der Waals surface area contributed by atoms with Crippen LogP contribution in [0.3, 0.4) is 0 Å². The monoisotopic (exact) mass is 474 g/mol. The predicted octanol–water partition coefficient (Wildman–Crippen LogP) is 7.94. The number of phenolic OH excluding ortho intramolecular Hbond substituents is 1. The normalized spacial score (nSPS) is 19.3. The lowest BCUT2D eigenvalue weighted by Gasteiger charge is -2.25. The van der Waals surface area contributed by atoms with Crippen LogP contribution in [-0.4, -0.2) is 22.9 Å². The van der Waals surface area contributed by atoms with Crippen molar-refractivity contribution >= 4 is 33.8 Å². The van der Waals surface area contributed by atoms with E-state index in [0.717, 1.165) is 22.7 Å². The van der Waals surface area contributed by atoms with Crippen LogP contribution < -0.4 is 0 Å². The first-order valence-corrected chi connectivity index (χ1v) is 10.8. The quantitative estimate of drug-likeness (QED) is 0.382. The predicted molar refractivity (Wildman–Crippen MR) is 112 cm³/mol. The van der Waals surface area contributed by atoms with Crippen molar-refractivity contribution in [1.29, 1.82) is 0 Å². The maximum Gasteiger partial charge on any atom is 0.380 e. The summed E-state index contributed by atoms with van der Waals surface area (Å²) >= 11 is 2.12. The molecular formula is C22H16F6OS2. The molecule has 0 saturated heterocycles. The lowest BCUT2D eigenvalue weighted by Crippen LogP contribution is -2.48. The van der Waals surface area contributed by atoms with Gasteiger partial charge in [-0.05, 0) is 73.9 Å². The number of rotatable bonds is 3. The zero-order valence-electron chi connectivity index (χ0n) is 16.5. The highest BCUT2D eigenvalue weighted by atomic mass is 32.1. The van der Waals surface area contributed by atoms with Crippen LogP contribution in [-0.2, 0) is 0 Å². The fourth-order valence-electron chi connectivity index (χ4n) is 3.81. The van der Waals surface area contributed by atoms with E-state index in [1.807, 2.05) is 0 Å². The van der Waals surface area contributed by atoms with Crippen molar-refractivity contribution in [3.8, 4) is 16.2 Å². The summed E-state index contributed by atoms with van der Waals surface area (Å²) in [4.78, 5) is 1.48. The Balaban J connectivity index is 2.02. The molecule has 164 valence electrons. The highest BCUT2D eigenvalue weighted by Crippen LogP contribution is 2.65. The molecule has 1 N–H and O–H groups in total. The molecule has 0 fully saturated rings. The zero-order chi connectivity index (χ0) is 22.9. The van der Waals surface area contributed by atoms with Crippen LogP contribution in [0.1, 0.15) is 25.8 Å². The minimum Gasteiger partial charge on any atom is -0.508 e. The van der Waals surface area contributed by atoms with Crippen molar-refractivity contribution < 1.29 is 31.4 Å². The van der Waals surface area contributed by atoms with Crippen molar-refractivity contribution in [2.75, 3.05) is 0 Å². The van der Waals surface area contributed by atoms with Crippen molar-refractivity contribution in [2.45, 2.75) is 38.5 Å². The summed E-state index contributed by atoms with van der Waals surface area (Å²) < 4.78 is 88.6. The van der Waals surface area contributed by atoms with E-state index in [9.17, 15) is 31.4 Å². The third kappa shape index (κ3) is 3.04. The number of aryl methyl sites for hydroxylation is 3. The Morgan fingerprint density at radius 1 is 0.710 bits per heavy atom. The molecule has 4 rings (SSSR count). The molecule has 1 aromatic carbocycles. The largest absolute Gasteiger partial charge is 0.508 e. The van der Waals surface area contributed by atoms with Gasteiger partial charge in [-0.25, -0.2) is 0 Å². The number of aromatic hydroxyl groups is 1. The molecule has 0 saturated carbocycles. The van der Waals surface area contributed by atoms with E-state index in [0.29, 0.717) is 15.3 Å². The molecule has 2 aromatic heterocycles. The number of phenols is 1. The number of hydrogen-bond donors (Lipinski definition) is 1. The van der Waals surface area contributed by atoms with E-state index < -0.39 is 28.9 Å². The molecule has 3 aromatic rings. The molecule has 9 heteroatoms. The molecule has 0 unspecified atom stereocenters. The minimum atomic E-state index is -5.57. The van der Waals surface area contributed by atoms with Crippen molar-refractivity contribution in [3.05, 3.63) is 62.2 Å². The van der Waals surface area contributed by atoms with Crippen LogP contribution in [0.5, 0.6) is 5.75 Å². The number of benzene rings is 1. The summed E-state index contributed by atoms with van der Waals surface area (Å²) in [6.07, 6.45) is 0. The van der Waals surface area contributed by atoms with Gasteiger partial charge < -0.3 is 5.11 Å². The molecule has 0 amide bonds. The second-order valence-electron chi connectivity index (χ2n) is 7.43. The maximum absolute atomic E-state index is 15.0. The average Bonchev–Trinajstić information content (AvgIpc) is 3.23. The minimum absolute atomic E-state index is 0.00726. The van der Waals surface area contributed by atoms with E-state index in [1.54, 1.807) is 6.92 Å². The first-order valence-electron chi connectivity index (χ1n) is 9.15. The van der Waals surface area contributed by atoms with Crippen LogP contribution in [0.2, 0.25) is 0 Å². The highest BCUT2D eigenvalue weighted by molar-refractivity contribution is 7.15. The van der Waals surface area contributed by atoms with Crippen LogP contribution >= 0.6 is 22.7 Å². The van der Waals surface area contributed by atoms with E-state index in [1.165, 1.54) is 50.2 Å². The first kappa shape index (κ1) is 22.0. The third-order valence-corrected chi connectivity index (χ3v) is 7.38. The second kappa shape index (κ2) is 6.87. The standard InChI is InChI=1S/C22H16F6OS2/c1-10-8-15(11(2)30-10)18-19(21(25,26)22(27,28)20(18,23)24)16-9-17(31-12(16)3)13-4-6-14(29)7-5-13/h4-9,29H,1-3H3. The van der Waals surface area contributed by atoms with Crippen molar-refractivity contribution in [3.63, 3.8) is 0 Å². The van der Waals surface area contributed by atoms with Crippen LogP contribution in [0.4, 0.5) is 26.3 Å². The fraction of sp³-hybridized carbons (Fsp3) is 0.273. The SMILES string of the molecule is Cc1cc(C2=C(c3cc(-c4ccc(O)cc4)sc3C)C(F)(F)C(F)(F)C2(F)F)c(C)s1. The fourth-order valence-corrected chi connectivity index (χ4v) is 5.77. The number of thiophene rings is 2. The van der Waals surface area contributed by atoms with Gasteiger partial charge in [0.25, 0.3) is 0 Å². The van der Waals surface area contributed by atoms with Gasteiger partial charge in [0.15, 0.2) is 0 Å². The Kier molecular flexibility index (Phi) is 4.86. The van der Waals surface area contributed by atoms with Crippen LogP contribution in [0.25, 0.3) is 21.6 Å². The van der Waals surface area contributed by atoms with Gasteiger partial charge >= 0.3 is 17.8 Å². The summed E-state index contributed by atoms with van der Waals surface area (Å²) in [6, 6.07) is 8.33. The summed E-state index contributed by atoms with van der Waals surface area (Å²) in [5.74, 6) is -15.7. The van der Waals surface area contributed by atoms with Crippen LogP contribution in [0, 0.1) is 20.8 Å². The van der Waals surface area contributed by atoms with E-state index in [4.69, 9.17) is 0 Å². The third-order valence-electron chi connectivity index (χ3n) is 5.32. The molecule has 1 aliphatic carbocycles. The van der Waals surface area contributed by atoms with E-state index in [2.05, 4.69) is 0 Å². The number of allylic oxidation sites excluding steroid dienone is 2.